The molecule has 0 aliphatic heterocycles. The lowest BCUT2D eigenvalue weighted by Crippen LogP contribution is -2.46. The minimum Gasteiger partial charge on any atom is -0.480 e. The Kier molecular flexibility index (Phi) is 3.94. The maximum Gasteiger partial charge on any atom is 0.323 e. The Morgan fingerprint density at radius 2 is 2.13 bits per heavy atom. The predicted molar refractivity (Wildman–Crippen MR) is 55.6 cm³/mol. The number of hydrogen-bond acceptors (Lipinski definition) is 2. The van der Waals surface area contributed by atoms with Crippen LogP contribution in [-0.2, 0) is 4.79 Å². The zero-order valence-corrected chi connectivity index (χ0v) is 9.19. The van der Waals surface area contributed by atoms with E-state index in [1.807, 2.05) is 6.92 Å². The van der Waals surface area contributed by atoms with Crippen LogP contribution in [0.5, 0.6) is 0 Å². The average molecular weight is 214 g/mol. The van der Waals surface area contributed by atoms with Gasteiger partial charge >= 0.3 is 12.0 Å². The third-order valence-electron chi connectivity index (χ3n) is 2.68. The zero-order chi connectivity index (χ0) is 11.4. The van der Waals surface area contributed by atoms with Crippen molar-refractivity contribution in [1.29, 1.82) is 0 Å². The van der Waals surface area contributed by atoms with E-state index in [-0.39, 0.29) is 18.6 Å². The Balaban J connectivity index is 2.37. The zero-order valence-electron chi connectivity index (χ0n) is 9.19. The van der Waals surface area contributed by atoms with Crippen LogP contribution in [0.2, 0.25) is 0 Å². The smallest absolute Gasteiger partial charge is 0.323 e. The fourth-order valence-electron chi connectivity index (χ4n) is 1.49. The third kappa shape index (κ3) is 3.77. The maximum atomic E-state index is 11.6. The summed E-state index contributed by atoms with van der Waals surface area (Å²) in [5.74, 6) is -0.399. The molecule has 5 nitrogen and oxygen atoms in total. The fourth-order valence-corrected chi connectivity index (χ4v) is 1.49. The second-order valence-electron chi connectivity index (χ2n) is 3.98. The number of carbonyl (C=O) groups excluding carboxylic acids is 1. The van der Waals surface area contributed by atoms with Crippen molar-refractivity contribution in [3.05, 3.63) is 0 Å². The number of aliphatic carboxylic acids is 1. The summed E-state index contributed by atoms with van der Waals surface area (Å²) < 4.78 is 0. The van der Waals surface area contributed by atoms with Crippen LogP contribution < -0.4 is 5.32 Å². The Labute approximate surface area is 89.4 Å². The van der Waals surface area contributed by atoms with Gasteiger partial charge in [0.25, 0.3) is 0 Å². The lowest BCUT2D eigenvalue weighted by molar-refractivity contribution is -0.137. The number of rotatable bonds is 5. The Morgan fingerprint density at radius 1 is 1.53 bits per heavy atom. The lowest BCUT2D eigenvalue weighted by Gasteiger charge is -2.22. The summed E-state index contributed by atoms with van der Waals surface area (Å²) >= 11 is 0. The molecular weight excluding hydrogens is 196 g/mol. The van der Waals surface area contributed by atoms with Crippen LogP contribution in [0, 0.1) is 5.92 Å². The van der Waals surface area contributed by atoms with Gasteiger partial charge in [-0.3, -0.25) is 4.79 Å². The number of likely N-dealkylation sites (N-methyl/N-ethyl adjacent to an activating group) is 1. The first-order valence-electron chi connectivity index (χ1n) is 5.31. The summed E-state index contributed by atoms with van der Waals surface area (Å²) in [5, 5.41) is 11.4. The van der Waals surface area contributed by atoms with Crippen molar-refractivity contribution in [2.75, 3.05) is 13.1 Å². The summed E-state index contributed by atoms with van der Waals surface area (Å²) in [5.41, 5.74) is 0. The van der Waals surface area contributed by atoms with Gasteiger partial charge in [-0.15, -0.1) is 0 Å². The quantitative estimate of drug-likeness (QED) is 0.714. The molecule has 0 aromatic rings. The first-order valence-corrected chi connectivity index (χ1v) is 5.31. The molecule has 0 radical (unpaired) electrons. The van der Waals surface area contributed by atoms with E-state index in [1.54, 1.807) is 6.92 Å². The highest BCUT2D eigenvalue weighted by atomic mass is 16.4. The van der Waals surface area contributed by atoms with Gasteiger partial charge in [-0.25, -0.2) is 4.79 Å². The van der Waals surface area contributed by atoms with E-state index in [4.69, 9.17) is 5.11 Å². The van der Waals surface area contributed by atoms with Crippen LogP contribution >= 0.6 is 0 Å². The van der Waals surface area contributed by atoms with E-state index in [2.05, 4.69) is 5.32 Å². The topological polar surface area (TPSA) is 69.6 Å². The minimum absolute atomic E-state index is 0.153. The Morgan fingerprint density at radius 3 is 2.53 bits per heavy atom. The minimum atomic E-state index is -0.980. The van der Waals surface area contributed by atoms with Gasteiger partial charge < -0.3 is 15.3 Å². The highest BCUT2D eigenvalue weighted by molar-refractivity contribution is 5.80. The largest absolute Gasteiger partial charge is 0.480 e. The number of hydrogen-bond donors (Lipinski definition) is 2. The molecule has 5 heteroatoms. The monoisotopic (exact) mass is 214 g/mol. The van der Waals surface area contributed by atoms with Gasteiger partial charge in [0.2, 0.25) is 0 Å². The average Bonchev–Trinajstić information content (AvgIpc) is 2.96. The summed E-state index contributed by atoms with van der Waals surface area (Å²) in [6.07, 6.45) is 2.32. The molecule has 1 unspecified atom stereocenters. The predicted octanol–water partition coefficient (Wildman–Crippen LogP) is 0.901. The number of urea groups is 1. The maximum absolute atomic E-state index is 11.6. The molecule has 0 heterocycles. The van der Waals surface area contributed by atoms with Crippen molar-refractivity contribution >= 4 is 12.0 Å². The third-order valence-corrected chi connectivity index (χ3v) is 2.68. The van der Waals surface area contributed by atoms with E-state index in [0.29, 0.717) is 12.5 Å². The standard InChI is InChI=1S/C10H18N2O3/c1-3-12(6-9(13)14)10(15)11-7(2)8-4-5-8/h7-8H,3-6H2,1-2H3,(H,11,15)(H,13,14). The summed E-state index contributed by atoms with van der Waals surface area (Å²) in [4.78, 5) is 23.4. The second-order valence-corrected chi connectivity index (χ2v) is 3.98. The van der Waals surface area contributed by atoms with Gasteiger partial charge in [0.15, 0.2) is 0 Å². The number of carboxylic acids is 1. The summed E-state index contributed by atoms with van der Waals surface area (Å²) in [7, 11) is 0. The first-order chi connectivity index (χ1) is 7.04. The summed E-state index contributed by atoms with van der Waals surface area (Å²) in [6.45, 7) is 3.91. The molecule has 2 N–H and O–H groups in total. The van der Waals surface area contributed by atoms with Gasteiger partial charge in [-0.05, 0) is 32.6 Å². The molecule has 0 bridgehead atoms. The first kappa shape index (κ1) is 11.8. The van der Waals surface area contributed by atoms with Crippen LogP contribution in [0.25, 0.3) is 0 Å². The van der Waals surface area contributed by atoms with Crippen molar-refractivity contribution < 1.29 is 14.7 Å². The van der Waals surface area contributed by atoms with Gasteiger partial charge in [-0.1, -0.05) is 0 Å². The summed E-state index contributed by atoms with van der Waals surface area (Å²) in [6, 6.07) is -0.125. The second kappa shape index (κ2) is 5.00. The molecule has 86 valence electrons. The lowest BCUT2D eigenvalue weighted by atomic mass is 10.2. The van der Waals surface area contributed by atoms with Crippen molar-refractivity contribution in [1.82, 2.24) is 10.2 Å². The van der Waals surface area contributed by atoms with Crippen LogP contribution in [0.4, 0.5) is 4.79 Å². The number of amides is 2. The van der Waals surface area contributed by atoms with Crippen LogP contribution in [0.1, 0.15) is 26.7 Å². The van der Waals surface area contributed by atoms with Crippen molar-refractivity contribution in [3.63, 3.8) is 0 Å². The number of nitrogens with zero attached hydrogens (tertiary/aromatic N) is 1. The molecule has 0 spiro atoms. The van der Waals surface area contributed by atoms with Crippen LogP contribution in [0.15, 0.2) is 0 Å². The molecule has 15 heavy (non-hydrogen) atoms. The molecule has 1 aliphatic rings. The molecule has 1 saturated carbocycles. The molecule has 1 atom stereocenters. The van der Waals surface area contributed by atoms with Crippen molar-refractivity contribution in [3.8, 4) is 0 Å². The molecular formula is C10H18N2O3. The van der Waals surface area contributed by atoms with Gasteiger partial charge in [-0.2, -0.15) is 0 Å². The van der Waals surface area contributed by atoms with E-state index in [0.717, 1.165) is 12.8 Å². The van der Waals surface area contributed by atoms with Crippen molar-refractivity contribution in [2.45, 2.75) is 32.7 Å². The normalized spacial score (nSPS) is 16.9. The number of carbonyl (C=O) groups is 2. The van der Waals surface area contributed by atoms with Crippen molar-refractivity contribution in [2.24, 2.45) is 5.92 Å². The van der Waals surface area contributed by atoms with Crippen LogP contribution in [0.3, 0.4) is 0 Å². The highest BCUT2D eigenvalue weighted by Gasteiger charge is 2.29. The van der Waals surface area contributed by atoms with E-state index >= 15 is 0 Å². The molecule has 0 saturated heterocycles. The molecule has 0 aromatic heterocycles. The Hall–Kier alpha value is -1.26. The Bertz CT molecular complexity index is 251. The van der Waals surface area contributed by atoms with E-state index in [9.17, 15) is 9.59 Å². The molecule has 0 aromatic carbocycles. The molecule has 1 aliphatic carbocycles. The van der Waals surface area contributed by atoms with Gasteiger partial charge in [0.1, 0.15) is 6.54 Å². The van der Waals surface area contributed by atoms with E-state index in [1.165, 1.54) is 4.90 Å². The van der Waals surface area contributed by atoms with Gasteiger partial charge in [0.05, 0.1) is 0 Å². The molecule has 2 amide bonds. The fraction of sp³-hybridized carbons (Fsp3) is 0.800. The van der Waals surface area contributed by atoms with Crippen LogP contribution in [-0.4, -0.2) is 41.1 Å². The highest BCUT2D eigenvalue weighted by Crippen LogP contribution is 2.32. The molecule has 1 fully saturated rings. The number of carboxylic acid groups (broad SMARTS) is 1. The van der Waals surface area contributed by atoms with Gasteiger partial charge in [0, 0.05) is 12.6 Å². The molecule has 1 rings (SSSR count). The SMILES string of the molecule is CCN(CC(=O)O)C(=O)NC(C)C1CC1. The number of nitrogens with one attached hydrogen (secondary N) is 1. The van der Waals surface area contributed by atoms with E-state index < -0.39 is 5.97 Å².